The summed E-state index contributed by atoms with van der Waals surface area (Å²) in [6.45, 7) is 2.44. The van der Waals surface area contributed by atoms with Crippen LogP contribution in [0.15, 0.2) is 48.5 Å². The Morgan fingerprint density at radius 2 is 1.88 bits per heavy atom. The number of nitrogens with zero attached hydrogens (tertiary/aromatic N) is 1. The molecule has 0 N–H and O–H groups in total. The Hall–Kier alpha value is -2.20. The minimum Gasteiger partial charge on any atom is -0.497 e. The molecule has 0 radical (unpaired) electrons. The molecule has 0 aliphatic carbocycles. The lowest BCUT2D eigenvalue weighted by Crippen LogP contribution is -2.39. The number of carbonyl (C=O) groups excluding carboxylic acids is 1. The van der Waals surface area contributed by atoms with E-state index in [9.17, 15) is 4.79 Å². The molecule has 0 bridgehead atoms. The monoisotopic (exact) mass is 347 g/mol. The Morgan fingerprint density at radius 3 is 2.46 bits per heavy atom. The van der Waals surface area contributed by atoms with Crippen LogP contribution in [-0.2, 0) is 11.3 Å². The van der Waals surface area contributed by atoms with Crippen LogP contribution in [-0.4, -0.2) is 31.1 Å². The van der Waals surface area contributed by atoms with Crippen LogP contribution in [0.4, 0.5) is 0 Å². The summed E-state index contributed by atoms with van der Waals surface area (Å²) in [5.74, 6) is 1.33. The molecule has 1 amide bonds. The fraction of sp³-hybridized carbons (Fsp3) is 0.316. The van der Waals surface area contributed by atoms with E-state index in [4.69, 9.17) is 21.1 Å². The summed E-state index contributed by atoms with van der Waals surface area (Å²) >= 11 is 5.96. The van der Waals surface area contributed by atoms with Crippen molar-refractivity contribution in [3.05, 3.63) is 59.1 Å². The van der Waals surface area contributed by atoms with E-state index >= 15 is 0 Å². The average molecular weight is 348 g/mol. The fourth-order valence-electron chi connectivity index (χ4n) is 2.34. The minimum absolute atomic E-state index is 0.0618. The van der Waals surface area contributed by atoms with Gasteiger partial charge in [0.1, 0.15) is 11.5 Å². The van der Waals surface area contributed by atoms with Gasteiger partial charge < -0.3 is 14.4 Å². The summed E-state index contributed by atoms with van der Waals surface area (Å²) in [6, 6.07) is 14.7. The molecule has 0 fully saturated rings. The lowest BCUT2D eigenvalue weighted by molar-refractivity contribution is -0.138. The van der Waals surface area contributed by atoms with Crippen molar-refractivity contribution in [1.82, 2.24) is 4.90 Å². The highest BCUT2D eigenvalue weighted by Crippen LogP contribution is 2.20. The second-order valence-corrected chi connectivity index (χ2v) is 5.95. The third-order valence-electron chi connectivity index (χ3n) is 3.68. The van der Waals surface area contributed by atoms with E-state index in [0.717, 1.165) is 11.3 Å². The molecule has 24 heavy (non-hydrogen) atoms. The number of halogens is 1. The molecule has 5 heteroatoms. The lowest BCUT2D eigenvalue weighted by Gasteiger charge is -2.24. The molecule has 1 unspecified atom stereocenters. The third kappa shape index (κ3) is 4.90. The van der Waals surface area contributed by atoms with Gasteiger partial charge in [-0.25, -0.2) is 0 Å². The molecule has 0 heterocycles. The van der Waals surface area contributed by atoms with Gasteiger partial charge in [-0.2, -0.15) is 0 Å². The Bertz CT molecular complexity index is 673. The molecule has 0 saturated heterocycles. The fourth-order valence-corrected chi connectivity index (χ4v) is 2.52. The smallest absolute Gasteiger partial charge is 0.263 e. The van der Waals surface area contributed by atoms with Crippen LogP contribution >= 0.6 is 11.6 Å². The number of hydrogen-bond acceptors (Lipinski definition) is 3. The highest BCUT2D eigenvalue weighted by atomic mass is 35.5. The summed E-state index contributed by atoms with van der Waals surface area (Å²) in [4.78, 5) is 14.3. The van der Waals surface area contributed by atoms with Crippen LogP contribution in [0.3, 0.4) is 0 Å². The topological polar surface area (TPSA) is 38.8 Å². The van der Waals surface area contributed by atoms with Crippen LogP contribution in [0.2, 0.25) is 5.02 Å². The normalized spacial score (nSPS) is 11.7. The standard InChI is InChI=1S/C19H22ClNO3/c1-4-18(24-17-7-5-6-15(20)12-17)19(22)21(2)13-14-8-10-16(23-3)11-9-14/h5-12,18H,4,13H2,1-3H3. The Kier molecular flexibility index (Phi) is 6.50. The van der Waals surface area contributed by atoms with Gasteiger partial charge >= 0.3 is 0 Å². The maximum Gasteiger partial charge on any atom is 0.263 e. The third-order valence-corrected chi connectivity index (χ3v) is 3.91. The van der Waals surface area contributed by atoms with Crippen LogP contribution in [0, 0.1) is 0 Å². The predicted octanol–water partition coefficient (Wildman–Crippen LogP) is 4.16. The molecule has 0 aliphatic heterocycles. The number of likely N-dealkylation sites (N-methyl/N-ethyl adjacent to an activating group) is 1. The van der Waals surface area contributed by atoms with Crippen molar-refractivity contribution in [1.29, 1.82) is 0 Å². The summed E-state index contributed by atoms with van der Waals surface area (Å²) in [7, 11) is 3.40. The first-order chi connectivity index (χ1) is 11.5. The van der Waals surface area contributed by atoms with Gasteiger partial charge in [0.15, 0.2) is 6.10 Å². The quantitative estimate of drug-likeness (QED) is 0.754. The van der Waals surface area contributed by atoms with E-state index in [2.05, 4.69) is 0 Å². The van der Waals surface area contributed by atoms with Gasteiger partial charge in [-0.3, -0.25) is 4.79 Å². The molecule has 0 aliphatic rings. The van der Waals surface area contributed by atoms with Crippen molar-refractivity contribution in [3.63, 3.8) is 0 Å². The van der Waals surface area contributed by atoms with E-state index in [1.807, 2.05) is 31.2 Å². The number of rotatable bonds is 7. The van der Waals surface area contributed by atoms with Gasteiger partial charge in [0.25, 0.3) is 5.91 Å². The van der Waals surface area contributed by atoms with Gasteiger partial charge in [-0.05, 0) is 42.3 Å². The zero-order valence-electron chi connectivity index (χ0n) is 14.2. The second kappa shape index (κ2) is 8.60. The van der Waals surface area contributed by atoms with Gasteiger partial charge in [0.2, 0.25) is 0 Å². The number of ether oxygens (including phenoxy) is 2. The molecule has 4 nitrogen and oxygen atoms in total. The van der Waals surface area contributed by atoms with Gasteiger partial charge in [0, 0.05) is 18.6 Å². The number of methoxy groups -OCH3 is 1. The molecule has 0 spiro atoms. The van der Waals surface area contributed by atoms with E-state index in [1.165, 1.54) is 0 Å². The van der Waals surface area contributed by atoms with Crippen LogP contribution in [0.25, 0.3) is 0 Å². The minimum atomic E-state index is -0.535. The van der Waals surface area contributed by atoms with Crippen LogP contribution in [0.5, 0.6) is 11.5 Å². The molecule has 1 atom stereocenters. The van der Waals surface area contributed by atoms with Crippen LogP contribution in [0.1, 0.15) is 18.9 Å². The van der Waals surface area contributed by atoms with E-state index in [0.29, 0.717) is 23.7 Å². The second-order valence-electron chi connectivity index (χ2n) is 5.51. The first-order valence-corrected chi connectivity index (χ1v) is 8.21. The SMILES string of the molecule is CCC(Oc1cccc(Cl)c1)C(=O)N(C)Cc1ccc(OC)cc1. The molecular weight excluding hydrogens is 326 g/mol. The molecule has 2 rings (SSSR count). The van der Waals surface area contributed by atoms with E-state index < -0.39 is 6.10 Å². The van der Waals surface area contributed by atoms with Gasteiger partial charge in [0.05, 0.1) is 7.11 Å². The predicted molar refractivity (Wildman–Crippen MR) is 95.6 cm³/mol. The lowest BCUT2D eigenvalue weighted by atomic mass is 10.2. The molecule has 0 saturated carbocycles. The summed E-state index contributed by atoms with van der Waals surface area (Å²) in [5.41, 5.74) is 1.03. The highest BCUT2D eigenvalue weighted by Gasteiger charge is 2.22. The number of amides is 1. The summed E-state index contributed by atoms with van der Waals surface area (Å²) in [6.07, 6.45) is 0.0462. The maximum absolute atomic E-state index is 12.6. The van der Waals surface area contributed by atoms with Crippen molar-refractivity contribution < 1.29 is 14.3 Å². The van der Waals surface area contributed by atoms with Crippen molar-refractivity contribution in [2.24, 2.45) is 0 Å². The van der Waals surface area contributed by atoms with Crippen molar-refractivity contribution >= 4 is 17.5 Å². The van der Waals surface area contributed by atoms with Crippen molar-refractivity contribution in [2.45, 2.75) is 26.0 Å². The van der Waals surface area contributed by atoms with Gasteiger partial charge in [-0.1, -0.05) is 36.7 Å². The Labute approximate surface area is 147 Å². The average Bonchev–Trinajstić information content (AvgIpc) is 2.59. The Balaban J connectivity index is 2.00. The largest absolute Gasteiger partial charge is 0.497 e. The number of hydrogen-bond donors (Lipinski definition) is 0. The zero-order chi connectivity index (χ0) is 17.5. The first-order valence-electron chi connectivity index (χ1n) is 7.83. The summed E-state index contributed by atoms with van der Waals surface area (Å²) < 4.78 is 10.9. The molecule has 128 valence electrons. The van der Waals surface area contributed by atoms with E-state index in [-0.39, 0.29) is 5.91 Å². The van der Waals surface area contributed by atoms with Crippen molar-refractivity contribution in [3.8, 4) is 11.5 Å². The summed E-state index contributed by atoms with van der Waals surface area (Å²) in [5, 5.41) is 0.585. The Morgan fingerprint density at radius 1 is 1.17 bits per heavy atom. The number of carbonyl (C=O) groups is 1. The maximum atomic E-state index is 12.6. The number of benzene rings is 2. The van der Waals surface area contributed by atoms with Crippen molar-refractivity contribution in [2.75, 3.05) is 14.2 Å². The molecule has 2 aromatic carbocycles. The van der Waals surface area contributed by atoms with Crippen LogP contribution < -0.4 is 9.47 Å². The van der Waals surface area contributed by atoms with E-state index in [1.54, 1.807) is 43.3 Å². The molecule has 0 aromatic heterocycles. The highest BCUT2D eigenvalue weighted by molar-refractivity contribution is 6.30. The van der Waals surface area contributed by atoms with Gasteiger partial charge in [-0.15, -0.1) is 0 Å². The zero-order valence-corrected chi connectivity index (χ0v) is 14.9. The molecular formula is C19H22ClNO3. The first kappa shape index (κ1) is 18.1. The molecule has 2 aromatic rings.